The van der Waals surface area contributed by atoms with Gasteiger partial charge in [-0.05, 0) is 36.4 Å². The van der Waals surface area contributed by atoms with Crippen molar-refractivity contribution >= 4 is 27.7 Å². The summed E-state index contributed by atoms with van der Waals surface area (Å²) in [5, 5.41) is 0. The zero-order chi connectivity index (χ0) is 21.8. The number of carbonyl (C=O) groups excluding carboxylic acids is 1. The summed E-state index contributed by atoms with van der Waals surface area (Å²) in [4.78, 5) is 14.9. The Balaban J connectivity index is 1.52. The van der Waals surface area contributed by atoms with Crippen LogP contribution in [0.15, 0.2) is 64.4 Å². The van der Waals surface area contributed by atoms with Gasteiger partial charge in [0.25, 0.3) is 0 Å². The van der Waals surface area contributed by atoms with Gasteiger partial charge in [-0.2, -0.15) is 17.5 Å². The minimum Gasteiger partial charge on any atom is -0.340 e. The van der Waals surface area contributed by atoms with E-state index in [0.29, 0.717) is 12.2 Å². The van der Waals surface area contributed by atoms with Crippen molar-refractivity contribution in [3.63, 3.8) is 0 Å². The monoisotopic (exact) mass is 458 g/mol. The fourth-order valence-electron chi connectivity index (χ4n) is 3.07. The number of hydrogen-bond acceptors (Lipinski definition) is 4. The normalized spacial score (nSPS) is 15.9. The molecule has 162 valence electrons. The lowest BCUT2D eigenvalue weighted by Gasteiger charge is -2.34. The lowest BCUT2D eigenvalue weighted by molar-refractivity contribution is -0.137. The molecule has 0 unspecified atom stereocenters. The average molecular weight is 459 g/mol. The van der Waals surface area contributed by atoms with Crippen molar-refractivity contribution in [1.29, 1.82) is 0 Å². The van der Waals surface area contributed by atoms with Crippen LogP contribution in [0.2, 0.25) is 0 Å². The molecule has 3 rings (SSSR count). The van der Waals surface area contributed by atoms with Crippen LogP contribution in [0, 0.1) is 0 Å². The van der Waals surface area contributed by atoms with Gasteiger partial charge in [0.2, 0.25) is 15.9 Å². The molecule has 2 aromatic rings. The van der Waals surface area contributed by atoms with Gasteiger partial charge in [0, 0.05) is 43.2 Å². The lowest BCUT2D eigenvalue weighted by atomic mass is 10.2. The summed E-state index contributed by atoms with van der Waals surface area (Å²) in [6.45, 7) is 0.741. The number of thioether (sulfide) groups is 1. The Morgan fingerprint density at radius 1 is 0.933 bits per heavy atom. The van der Waals surface area contributed by atoms with Crippen LogP contribution in [0.5, 0.6) is 0 Å². The van der Waals surface area contributed by atoms with Crippen LogP contribution < -0.4 is 0 Å². The maximum Gasteiger partial charge on any atom is 0.416 e. The van der Waals surface area contributed by atoms with E-state index in [1.54, 1.807) is 16.7 Å². The van der Waals surface area contributed by atoms with Crippen LogP contribution in [0.3, 0.4) is 0 Å². The molecule has 0 bridgehead atoms. The first kappa shape index (κ1) is 22.6. The summed E-state index contributed by atoms with van der Waals surface area (Å²) in [6.07, 6.45) is -4.17. The molecule has 0 aromatic heterocycles. The zero-order valence-corrected chi connectivity index (χ0v) is 17.6. The molecular weight excluding hydrogens is 437 g/mol. The molecule has 1 heterocycles. The average Bonchev–Trinajstić information content (AvgIpc) is 2.74. The smallest absolute Gasteiger partial charge is 0.340 e. The van der Waals surface area contributed by atoms with Crippen LogP contribution in [-0.4, -0.2) is 55.5 Å². The van der Waals surface area contributed by atoms with E-state index in [4.69, 9.17) is 0 Å². The van der Waals surface area contributed by atoms with Gasteiger partial charge in [-0.3, -0.25) is 4.79 Å². The molecule has 1 amide bonds. The predicted molar refractivity (Wildman–Crippen MR) is 109 cm³/mol. The Bertz CT molecular complexity index is 957. The summed E-state index contributed by atoms with van der Waals surface area (Å²) in [6, 6.07) is 13.2. The number of benzene rings is 2. The third-order valence-electron chi connectivity index (χ3n) is 4.74. The van der Waals surface area contributed by atoms with Crippen LogP contribution >= 0.6 is 11.8 Å². The summed E-state index contributed by atoms with van der Waals surface area (Å²) in [7, 11) is -3.90. The lowest BCUT2D eigenvalue weighted by Crippen LogP contribution is -2.50. The van der Waals surface area contributed by atoms with Crippen LogP contribution in [0.25, 0.3) is 0 Å². The van der Waals surface area contributed by atoms with E-state index in [9.17, 15) is 26.4 Å². The van der Waals surface area contributed by atoms with E-state index in [-0.39, 0.29) is 37.0 Å². The number of sulfonamides is 1. The maximum atomic E-state index is 12.7. The van der Waals surface area contributed by atoms with Gasteiger partial charge >= 0.3 is 6.18 Å². The molecule has 0 radical (unpaired) electrons. The molecule has 2 aromatic carbocycles. The van der Waals surface area contributed by atoms with Crippen LogP contribution in [0.1, 0.15) is 12.0 Å². The molecule has 10 heteroatoms. The second-order valence-electron chi connectivity index (χ2n) is 6.72. The van der Waals surface area contributed by atoms with Gasteiger partial charge in [0.1, 0.15) is 0 Å². The van der Waals surface area contributed by atoms with E-state index in [1.807, 2.05) is 30.3 Å². The molecule has 5 nitrogen and oxygen atoms in total. The van der Waals surface area contributed by atoms with E-state index in [2.05, 4.69) is 0 Å². The number of piperazine rings is 1. The van der Waals surface area contributed by atoms with Crippen molar-refractivity contribution in [2.45, 2.75) is 22.4 Å². The zero-order valence-electron chi connectivity index (χ0n) is 16.0. The highest BCUT2D eigenvalue weighted by molar-refractivity contribution is 7.99. The first-order valence-corrected chi connectivity index (χ1v) is 11.7. The Labute approximate surface area is 177 Å². The number of hydrogen-bond donors (Lipinski definition) is 0. The van der Waals surface area contributed by atoms with E-state index in [1.165, 1.54) is 4.31 Å². The number of halogens is 3. The van der Waals surface area contributed by atoms with Gasteiger partial charge in [-0.15, -0.1) is 11.8 Å². The second-order valence-corrected chi connectivity index (χ2v) is 9.82. The van der Waals surface area contributed by atoms with Crippen molar-refractivity contribution in [3.8, 4) is 0 Å². The topological polar surface area (TPSA) is 57.7 Å². The molecule has 30 heavy (non-hydrogen) atoms. The molecule has 0 N–H and O–H groups in total. The van der Waals surface area contributed by atoms with Crippen molar-refractivity contribution in [1.82, 2.24) is 9.21 Å². The minimum absolute atomic E-state index is 0.0370. The molecule has 1 fully saturated rings. The Morgan fingerprint density at radius 2 is 1.53 bits per heavy atom. The second kappa shape index (κ2) is 9.40. The summed E-state index contributed by atoms with van der Waals surface area (Å²) >= 11 is 1.58. The third-order valence-corrected chi connectivity index (χ3v) is 7.67. The first-order valence-electron chi connectivity index (χ1n) is 9.31. The standard InChI is InChI=1S/C20H21F3N2O3S2/c21-20(22,23)16-6-8-18(9-7-16)30(27,28)25-13-11-24(12-14-25)19(26)10-15-29-17-4-2-1-3-5-17/h1-9H,10-15H2. The number of rotatable bonds is 6. The molecule has 1 aliphatic heterocycles. The van der Waals surface area contributed by atoms with E-state index in [0.717, 1.165) is 29.2 Å². The SMILES string of the molecule is O=C(CCSc1ccccc1)N1CCN(S(=O)(=O)c2ccc(C(F)(F)F)cc2)CC1. The fraction of sp³-hybridized carbons (Fsp3) is 0.350. The summed E-state index contributed by atoms with van der Waals surface area (Å²) in [5.41, 5.74) is -0.898. The molecule has 1 aliphatic rings. The molecule has 1 saturated heterocycles. The third kappa shape index (κ3) is 5.55. The number of nitrogens with zero attached hydrogens (tertiary/aromatic N) is 2. The highest BCUT2D eigenvalue weighted by Gasteiger charge is 2.33. The molecule has 0 saturated carbocycles. The van der Waals surface area contributed by atoms with Crippen molar-refractivity contribution in [2.24, 2.45) is 0 Å². The van der Waals surface area contributed by atoms with Crippen molar-refractivity contribution < 1.29 is 26.4 Å². The summed E-state index contributed by atoms with van der Waals surface area (Å²) < 4.78 is 64.6. The van der Waals surface area contributed by atoms with Crippen LogP contribution in [0.4, 0.5) is 13.2 Å². The summed E-state index contributed by atoms with van der Waals surface area (Å²) in [5.74, 6) is 0.595. The number of amides is 1. The fourth-order valence-corrected chi connectivity index (χ4v) is 5.36. The Kier molecular flexibility index (Phi) is 7.10. The quantitative estimate of drug-likeness (QED) is 0.619. The van der Waals surface area contributed by atoms with E-state index >= 15 is 0 Å². The minimum atomic E-state index is -4.52. The number of carbonyl (C=O) groups is 1. The van der Waals surface area contributed by atoms with E-state index < -0.39 is 21.8 Å². The predicted octanol–water partition coefficient (Wildman–Crippen LogP) is 3.72. The Hall–Kier alpha value is -2.04. The molecule has 0 spiro atoms. The molecular formula is C20H21F3N2O3S2. The van der Waals surface area contributed by atoms with Crippen LogP contribution in [-0.2, 0) is 21.0 Å². The highest BCUT2D eigenvalue weighted by atomic mass is 32.2. The maximum absolute atomic E-state index is 12.7. The van der Waals surface area contributed by atoms with Gasteiger partial charge in [-0.1, -0.05) is 18.2 Å². The first-order chi connectivity index (χ1) is 14.2. The van der Waals surface area contributed by atoms with Crippen molar-refractivity contribution in [3.05, 3.63) is 60.2 Å². The largest absolute Gasteiger partial charge is 0.416 e. The molecule has 0 atom stereocenters. The Morgan fingerprint density at radius 3 is 2.10 bits per heavy atom. The van der Waals surface area contributed by atoms with Gasteiger partial charge in [0.15, 0.2) is 0 Å². The van der Waals surface area contributed by atoms with Crippen molar-refractivity contribution in [2.75, 3.05) is 31.9 Å². The molecule has 0 aliphatic carbocycles. The number of alkyl halides is 3. The van der Waals surface area contributed by atoms with Gasteiger partial charge in [-0.25, -0.2) is 8.42 Å². The highest BCUT2D eigenvalue weighted by Crippen LogP contribution is 2.30. The van der Waals surface area contributed by atoms with Gasteiger partial charge in [0.05, 0.1) is 10.5 Å². The van der Waals surface area contributed by atoms with Gasteiger partial charge < -0.3 is 4.90 Å².